The summed E-state index contributed by atoms with van der Waals surface area (Å²) in [6, 6.07) is 8.46. The quantitative estimate of drug-likeness (QED) is 0.867. The molecule has 0 aromatic heterocycles. The minimum Gasteiger partial charge on any atom is -0.480 e. The molecule has 23 heavy (non-hydrogen) atoms. The average molecular weight is 319 g/mol. The second-order valence-corrected chi connectivity index (χ2v) is 6.98. The van der Waals surface area contributed by atoms with Gasteiger partial charge in [0, 0.05) is 5.41 Å². The number of benzene rings is 1. The maximum Gasteiger partial charge on any atom is 0.408 e. The number of carbonyl (C=O) groups is 2. The van der Waals surface area contributed by atoms with Crippen LogP contribution in [0.2, 0.25) is 0 Å². The molecule has 1 atom stereocenters. The summed E-state index contributed by atoms with van der Waals surface area (Å²) >= 11 is 0. The van der Waals surface area contributed by atoms with Crippen molar-refractivity contribution in [2.24, 2.45) is 5.41 Å². The van der Waals surface area contributed by atoms with Crippen molar-refractivity contribution < 1.29 is 19.4 Å². The Balaban J connectivity index is 2.88. The number of hydrogen-bond donors (Lipinski definition) is 2. The largest absolute Gasteiger partial charge is 0.480 e. The van der Waals surface area contributed by atoms with E-state index in [-0.39, 0.29) is 0 Å². The molecule has 2 N–H and O–H groups in total. The highest BCUT2D eigenvalue weighted by atomic mass is 16.6. The Bertz CT molecular complexity index is 570. The van der Waals surface area contributed by atoms with E-state index in [1.165, 1.54) is 0 Å². The second kappa shape index (κ2) is 7.31. The second-order valence-electron chi connectivity index (χ2n) is 6.98. The number of carbonyl (C=O) groups excluding carboxylic acids is 1. The van der Waals surface area contributed by atoms with E-state index in [1.807, 2.05) is 36.4 Å². The molecule has 0 radical (unpaired) electrons. The molecule has 0 fully saturated rings. The van der Waals surface area contributed by atoms with Gasteiger partial charge in [0.1, 0.15) is 11.6 Å². The lowest BCUT2D eigenvalue weighted by atomic mass is 9.83. The number of aliphatic carboxylic acids is 1. The number of rotatable bonds is 5. The standard InChI is InChI=1S/C18H25NO4/c1-17(2,3)23-16(22)19-14(15(20)21)18(4,5)12-11-13-9-7-6-8-10-13/h6-12,14H,1-5H3,(H,19,22)(H,20,21)/b12-11+. The smallest absolute Gasteiger partial charge is 0.408 e. The molecule has 5 heteroatoms. The van der Waals surface area contributed by atoms with Crippen molar-refractivity contribution in [1.82, 2.24) is 5.32 Å². The van der Waals surface area contributed by atoms with Crippen molar-refractivity contribution >= 4 is 18.1 Å². The van der Waals surface area contributed by atoms with Crippen molar-refractivity contribution in [2.45, 2.75) is 46.3 Å². The summed E-state index contributed by atoms with van der Waals surface area (Å²) in [7, 11) is 0. The van der Waals surface area contributed by atoms with Gasteiger partial charge < -0.3 is 15.2 Å². The third-order valence-electron chi connectivity index (χ3n) is 3.16. The molecule has 126 valence electrons. The molecule has 0 aliphatic rings. The van der Waals surface area contributed by atoms with Crippen LogP contribution in [0.3, 0.4) is 0 Å². The van der Waals surface area contributed by atoms with E-state index in [0.717, 1.165) is 5.56 Å². The summed E-state index contributed by atoms with van der Waals surface area (Å²) in [5.74, 6) is -1.11. The number of carboxylic acid groups (broad SMARTS) is 1. The van der Waals surface area contributed by atoms with Gasteiger partial charge in [-0.25, -0.2) is 9.59 Å². The fourth-order valence-corrected chi connectivity index (χ4v) is 1.96. The maximum atomic E-state index is 11.9. The molecule has 0 aliphatic heterocycles. The Morgan fingerprint density at radius 3 is 2.17 bits per heavy atom. The lowest BCUT2D eigenvalue weighted by molar-refractivity contribution is -0.141. The Hall–Kier alpha value is -2.30. The van der Waals surface area contributed by atoms with E-state index in [1.54, 1.807) is 40.7 Å². The van der Waals surface area contributed by atoms with Crippen LogP contribution in [0, 0.1) is 5.41 Å². The van der Waals surface area contributed by atoms with Crippen molar-refractivity contribution in [3.63, 3.8) is 0 Å². The minimum atomic E-state index is -1.11. The molecule has 0 spiro atoms. The van der Waals surface area contributed by atoms with Crippen LogP contribution in [-0.4, -0.2) is 28.8 Å². The van der Waals surface area contributed by atoms with Crippen LogP contribution in [0.4, 0.5) is 4.79 Å². The van der Waals surface area contributed by atoms with E-state index in [2.05, 4.69) is 5.32 Å². The molecule has 0 saturated carbocycles. The van der Waals surface area contributed by atoms with E-state index in [0.29, 0.717) is 0 Å². The van der Waals surface area contributed by atoms with Gasteiger partial charge in [-0.05, 0) is 26.3 Å². The average Bonchev–Trinajstić information content (AvgIpc) is 2.41. The minimum absolute atomic E-state index is 0.683. The maximum absolute atomic E-state index is 11.9. The fourth-order valence-electron chi connectivity index (χ4n) is 1.96. The van der Waals surface area contributed by atoms with Crippen LogP contribution in [0.1, 0.15) is 40.2 Å². The first kappa shape index (κ1) is 18.7. The molecule has 0 bridgehead atoms. The van der Waals surface area contributed by atoms with Gasteiger partial charge in [-0.1, -0.05) is 56.3 Å². The Morgan fingerprint density at radius 2 is 1.70 bits per heavy atom. The summed E-state index contributed by atoms with van der Waals surface area (Å²) in [5, 5.41) is 11.9. The molecule has 0 heterocycles. The molecule has 5 nitrogen and oxygen atoms in total. The zero-order chi connectivity index (χ0) is 17.7. The first-order valence-corrected chi connectivity index (χ1v) is 7.48. The Kier molecular flexibility index (Phi) is 5.96. The van der Waals surface area contributed by atoms with Gasteiger partial charge in [-0.3, -0.25) is 0 Å². The van der Waals surface area contributed by atoms with Crippen LogP contribution in [0.15, 0.2) is 36.4 Å². The molecule has 0 saturated heterocycles. The number of carboxylic acids is 1. The van der Waals surface area contributed by atoms with Crippen LogP contribution < -0.4 is 5.32 Å². The Morgan fingerprint density at radius 1 is 1.13 bits per heavy atom. The summed E-state index contributed by atoms with van der Waals surface area (Å²) in [4.78, 5) is 23.4. The zero-order valence-corrected chi connectivity index (χ0v) is 14.3. The van der Waals surface area contributed by atoms with Gasteiger partial charge in [0.15, 0.2) is 0 Å². The number of ether oxygens (including phenoxy) is 1. The fraction of sp³-hybridized carbons (Fsp3) is 0.444. The molecular formula is C18H25NO4. The van der Waals surface area contributed by atoms with Crippen LogP contribution in [-0.2, 0) is 9.53 Å². The molecule has 1 aromatic rings. The van der Waals surface area contributed by atoms with Crippen molar-refractivity contribution in [1.29, 1.82) is 0 Å². The predicted octanol–water partition coefficient (Wildman–Crippen LogP) is 3.70. The van der Waals surface area contributed by atoms with Crippen LogP contribution in [0.5, 0.6) is 0 Å². The highest BCUT2D eigenvalue weighted by Gasteiger charge is 2.35. The first-order valence-electron chi connectivity index (χ1n) is 7.48. The normalized spacial score (nSPS) is 13.6. The lowest BCUT2D eigenvalue weighted by Crippen LogP contribution is -2.50. The van der Waals surface area contributed by atoms with Gasteiger partial charge in [0.05, 0.1) is 0 Å². The predicted molar refractivity (Wildman–Crippen MR) is 90.1 cm³/mol. The monoisotopic (exact) mass is 319 g/mol. The van der Waals surface area contributed by atoms with E-state index >= 15 is 0 Å². The third kappa shape index (κ3) is 6.55. The number of hydrogen-bond acceptors (Lipinski definition) is 3. The molecular weight excluding hydrogens is 294 g/mol. The summed E-state index contributed by atoms with van der Waals surface area (Å²) in [6.45, 7) is 8.68. The summed E-state index contributed by atoms with van der Waals surface area (Å²) in [6.07, 6.45) is 2.87. The van der Waals surface area contributed by atoms with Crippen molar-refractivity contribution in [2.75, 3.05) is 0 Å². The van der Waals surface area contributed by atoms with Gasteiger partial charge in [-0.2, -0.15) is 0 Å². The SMILES string of the molecule is CC(C)(C)OC(=O)NC(C(=O)O)C(C)(C)/C=C/c1ccccc1. The summed E-state index contributed by atoms with van der Waals surface area (Å²) in [5.41, 5.74) is -0.516. The van der Waals surface area contributed by atoms with E-state index in [4.69, 9.17) is 4.74 Å². The van der Waals surface area contributed by atoms with Crippen molar-refractivity contribution in [3.8, 4) is 0 Å². The number of amides is 1. The molecule has 0 aliphatic carbocycles. The molecule has 1 amide bonds. The van der Waals surface area contributed by atoms with Gasteiger partial charge in [0.25, 0.3) is 0 Å². The lowest BCUT2D eigenvalue weighted by Gasteiger charge is -2.30. The number of nitrogens with one attached hydrogen (secondary N) is 1. The van der Waals surface area contributed by atoms with Gasteiger partial charge >= 0.3 is 12.1 Å². The zero-order valence-electron chi connectivity index (χ0n) is 14.3. The van der Waals surface area contributed by atoms with Crippen LogP contribution >= 0.6 is 0 Å². The topological polar surface area (TPSA) is 75.6 Å². The van der Waals surface area contributed by atoms with E-state index in [9.17, 15) is 14.7 Å². The Labute approximate surface area is 137 Å². The van der Waals surface area contributed by atoms with Crippen molar-refractivity contribution in [3.05, 3.63) is 42.0 Å². The molecule has 1 unspecified atom stereocenters. The number of alkyl carbamates (subject to hydrolysis) is 1. The highest BCUT2D eigenvalue weighted by Crippen LogP contribution is 2.25. The highest BCUT2D eigenvalue weighted by molar-refractivity contribution is 5.81. The van der Waals surface area contributed by atoms with Gasteiger partial charge in [0.2, 0.25) is 0 Å². The summed E-state index contributed by atoms with van der Waals surface area (Å²) < 4.78 is 5.14. The van der Waals surface area contributed by atoms with Crippen LogP contribution in [0.25, 0.3) is 6.08 Å². The third-order valence-corrected chi connectivity index (χ3v) is 3.16. The molecule has 1 aromatic carbocycles. The van der Waals surface area contributed by atoms with E-state index < -0.39 is 29.1 Å². The first-order chi connectivity index (χ1) is 10.5. The van der Waals surface area contributed by atoms with Gasteiger partial charge in [-0.15, -0.1) is 0 Å². The molecule has 1 rings (SSSR count).